The Hall–Kier alpha value is -2.90. The van der Waals surface area contributed by atoms with Gasteiger partial charge in [0.05, 0.1) is 18.3 Å². The first-order chi connectivity index (χ1) is 15.6. The normalized spacial score (nSPS) is 20.5. The molecule has 0 spiro atoms. The van der Waals surface area contributed by atoms with Crippen molar-refractivity contribution in [2.45, 2.75) is 77.0 Å². The van der Waals surface area contributed by atoms with Crippen LogP contribution in [0.25, 0.3) is 0 Å². The van der Waals surface area contributed by atoms with Gasteiger partial charge in [-0.2, -0.15) is 0 Å². The van der Waals surface area contributed by atoms with Crippen LogP contribution in [0.2, 0.25) is 0 Å². The van der Waals surface area contributed by atoms with Crippen molar-refractivity contribution in [2.24, 2.45) is 0 Å². The van der Waals surface area contributed by atoms with Gasteiger partial charge in [0.2, 0.25) is 5.91 Å². The summed E-state index contributed by atoms with van der Waals surface area (Å²) in [5.74, 6) is -0.212. The van der Waals surface area contributed by atoms with Gasteiger partial charge in [-0.3, -0.25) is 15.0 Å². The minimum atomic E-state index is -1.22. The first-order valence-electron chi connectivity index (χ1n) is 11.5. The third kappa shape index (κ3) is 5.72. The Balaban J connectivity index is 1.91. The van der Waals surface area contributed by atoms with Crippen molar-refractivity contribution in [3.05, 3.63) is 71.8 Å². The lowest BCUT2D eigenvalue weighted by molar-refractivity contribution is -0.133. The fraction of sp³-hybridized carbons (Fsp3) is 0.462. The second kappa shape index (κ2) is 10.4. The molecule has 0 unspecified atom stereocenters. The van der Waals surface area contributed by atoms with Gasteiger partial charge in [-0.15, -0.1) is 0 Å². The molecule has 1 heterocycles. The van der Waals surface area contributed by atoms with Crippen LogP contribution in [-0.2, 0) is 17.8 Å². The number of carboxylic acid groups (broad SMARTS) is 1. The third-order valence-electron chi connectivity index (χ3n) is 6.16. The molecule has 1 saturated heterocycles. The molecule has 0 bridgehead atoms. The quantitative estimate of drug-likeness (QED) is 0.569. The molecule has 178 valence electrons. The average molecular weight is 454 g/mol. The summed E-state index contributed by atoms with van der Waals surface area (Å²) in [6.07, 6.45) is -1.61. The summed E-state index contributed by atoms with van der Waals surface area (Å²) in [5.41, 5.74) is 1.14. The van der Waals surface area contributed by atoms with Gasteiger partial charge in [0, 0.05) is 12.1 Å². The van der Waals surface area contributed by atoms with E-state index >= 15 is 0 Å². The number of amides is 2. The van der Waals surface area contributed by atoms with Gasteiger partial charge in [-0.25, -0.2) is 4.79 Å². The van der Waals surface area contributed by atoms with Gasteiger partial charge in [0.25, 0.3) is 0 Å². The van der Waals surface area contributed by atoms with Crippen molar-refractivity contribution >= 4 is 12.0 Å². The number of hydrogen-bond acceptors (Lipinski definition) is 4. The van der Waals surface area contributed by atoms with Crippen LogP contribution in [0.4, 0.5) is 4.79 Å². The molecule has 3 rings (SSSR count). The Labute approximate surface area is 196 Å². The zero-order chi connectivity index (χ0) is 24.2. The SMILES string of the molecule is CC[C@H]1N[C@@H]([C@@H](O)[C@H](Cc2ccccc2)N(C(=O)O)C(C)(C)C)C(=O)N1Cc1ccccc1. The topological polar surface area (TPSA) is 93.1 Å². The summed E-state index contributed by atoms with van der Waals surface area (Å²) in [7, 11) is 0. The number of aliphatic hydroxyl groups excluding tert-OH is 1. The standard InChI is InChI=1S/C26H35N3O4/c1-5-21-27-22(24(31)28(21)17-19-14-10-7-11-15-19)23(30)20(16-18-12-8-6-9-13-18)29(25(32)33)26(2,3)4/h6-15,20-23,27,30H,5,16-17H2,1-4H3,(H,32,33)/t20-,21-,22-,23-/m0/s1. The molecule has 0 saturated carbocycles. The second-order valence-electron chi connectivity index (χ2n) is 9.59. The summed E-state index contributed by atoms with van der Waals surface area (Å²) < 4.78 is 0. The van der Waals surface area contributed by atoms with E-state index < -0.39 is 29.8 Å². The van der Waals surface area contributed by atoms with E-state index in [-0.39, 0.29) is 12.1 Å². The number of aliphatic hydroxyl groups is 1. The highest BCUT2D eigenvalue weighted by Gasteiger charge is 2.47. The van der Waals surface area contributed by atoms with Crippen LogP contribution in [-0.4, -0.2) is 61.9 Å². The van der Waals surface area contributed by atoms with Crippen molar-refractivity contribution in [1.82, 2.24) is 15.1 Å². The Morgan fingerprint density at radius 2 is 1.61 bits per heavy atom. The highest BCUT2D eigenvalue weighted by molar-refractivity contribution is 5.85. The van der Waals surface area contributed by atoms with E-state index in [0.29, 0.717) is 19.4 Å². The molecule has 0 radical (unpaired) electrons. The summed E-state index contributed by atoms with van der Waals surface area (Å²) in [6.45, 7) is 7.81. The van der Waals surface area contributed by atoms with Crippen molar-refractivity contribution in [3.8, 4) is 0 Å². The zero-order valence-corrected chi connectivity index (χ0v) is 19.8. The van der Waals surface area contributed by atoms with Gasteiger partial charge >= 0.3 is 6.09 Å². The minimum Gasteiger partial charge on any atom is -0.465 e. The Morgan fingerprint density at radius 1 is 1.06 bits per heavy atom. The van der Waals surface area contributed by atoms with Crippen LogP contribution >= 0.6 is 0 Å². The predicted molar refractivity (Wildman–Crippen MR) is 128 cm³/mol. The summed E-state index contributed by atoms with van der Waals surface area (Å²) in [6, 6.07) is 17.5. The molecular formula is C26H35N3O4. The smallest absolute Gasteiger partial charge is 0.408 e. The average Bonchev–Trinajstić information content (AvgIpc) is 3.08. The molecule has 0 aliphatic carbocycles. The maximum atomic E-state index is 13.5. The van der Waals surface area contributed by atoms with E-state index in [4.69, 9.17) is 0 Å². The molecule has 4 atom stereocenters. The molecule has 1 aliphatic heterocycles. The van der Waals surface area contributed by atoms with Gasteiger partial charge in [-0.05, 0) is 44.7 Å². The Kier molecular flexibility index (Phi) is 7.76. The van der Waals surface area contributed by atoms with Gasteiger partial charge < -0.3 is 15.1 Å². The number of nitrogens with one attached hydrogen (secondary N) is 1. The molecule has 7 nitrogen and oxygen atoms in total. The maximum absolute atomic E-state index is 13.5. The molecule has 2 aromatic rings. The lowest BCUT2D eigenvalue weighted by Gasteiger charge is -2.42. The van der Waals surface area contributed by atoms with E-state index in [9.17, 15) is 19.8 Å². The molecule has 3 N–H and O–H groups in total. The lowest BCUT2D eigenvalue weighted by Crippen LogP contribution is -2.61. The van der Waals surface area contributed by atoms with Gasteiger partial charge in [-0.1, -0.05) is 67.6 Å². The molecular weight excluding hydrogens is 418 g/mol. The maximum Gasteiger partial charge on any atom is 0.408 e. The van der Waals surface area contributed by atoms with Gasteiger partial charge in [0.1, 0.15) is 6.04 Å². The molecule has 1 fully saturated rings. The first kappa shape index (κ1) is 24.7. The molecule has 7 heteroatoms. The van der Waals surface area contributed by atoms with E-state index in [1.54, 1.807) is 25.7 Å². The first-order valence-corrected chi connectivity index (χ1v) is 11.5. The van der Waals surface area contributed by atoms with Crippen molar-refractivity contribution in [1.29, 1.82) is 0 Å². The van der Waals surface area contributed by atoms with Crippen LogP contribution in [0.3, 0.4) is 0 Å². The molecule has 1 aliphatic rings. The number of carbonyl (C=O) groups is 2. The molecule has 2 aromatic carbocycles. The van der Waals surface area contributed by atoms with Crippen LogP contribution in [0.1, 0.15) is 45.2 Å². The fourth-order valence-electron chi connectivity index (χ4n) is 4.62. The third-order valence-corrected chi connectivity index (χ3v) is 6.16. The van der Waals surface area contributed by atoms with Crippen LogP contribution in [0.5, 0.6) is 0 Å². The van der Waals surface area contributed by atoms with E-state index in [2.05, 4.69) is 5.32 Å². The van der Waals surface area contributed by atoms with Crippen molar-refractivity contribution < 1.29 is 19.8 Å². The van der Waals surface area contributed by atoms with Crippen LogP contribution in [0.15, 0.2) is 60.7 Å². The monoisotopic (exact) mass is 453 g/mol. The molecule has 33 heavy (non-hydrogen) atoms. The number of rotatable bonds is 8. The number of benzene rings is 2. The number of carbonyl (C=O) groups excluding carboxylic acids is 1. The van der Waals surface area contributed by atoms with Crippen molar-refractivity contribution in [3.63, 3.8) is 0 Å². The molecule has 2 amide bonds. The van der Waals surface area contributed by atoms with Crippen molar-refractivity contribution in [2.75, 3.05) is 0 Å². The van der Waals surface area contributed by atoms with Gasteiger partial charge in [0.15, 0.2) is 0 Å². The van der Waals surface area contributed by atoms with E-state index in [1.165, 1.54) is 4.90 Å². The summed E-state index contributed by atoms with van der Waals surface area (Å²) in [4.78, 5) is 28.8. The number of nitrogens with zero attached hydrogens (tertiary/aromatic N) is 2. The van der Waals surface area contributed by atoms with Crippen LogP contribution < -0.4 is 5.32 Å². The predicted octanol–water partition coefficient (Wildman–Crippen LogP) is 3.47. The summed E-state index contributed by atoms with van der Waals surface area (Å²) >= 11 is 0. The fourth-order valence-corrected chi connectivity index (χ4v) is 4.62. The van der Waals surface area contributed by atoms with E-state index in [0.717, 1.165) is 11.1 Å². The summed E-state index contributed by atoms with van der Waals surface area (Å²) in [5, 5.41) is 24.8. The molecule has 0 aromatic heterocycles. The highest BCUT2D eigenvalue weighted by atomic mass is 16.4. The van der Waals surface area contributed by atoms with E-state index in [1.807, 2.05) is 67.6 Å². The Morgan fingerprint density at radius 3 is 2.09 bits per heavy atom. The zero-order valence-electron chi connectivity index (χ0n) is 19.8. The largest absolute Gasteiger partial charge is 0.465 e. The number of hydrogen-bond donors (Lipinski definition) is 3. The Bertz CT molecular complexity index is 930. The highest BCUT2D eigenvalue weighted by Crippen LogP contribution is 2.27. The lowest BCUT2D eigenvalue weighted by atomic mass is 9.91. The second-order valence-corrected chi connectivity index (χ2v) is 9.59. The minimum absolute atomic E-state index is 0.212. The van der Waals surface area contributed by atoms with Crippen LogP contribution in [0, 0.1) is 0 Å².